The van der Waals surface area contributed by atoms with Crippen molar-refractivity contribution in [2.45, 2.75) is 51.7 Å². The summed E-state index contributed by atoms with van der Waals surface area (Å²) in [6.07, 6.45) is 5.47. The van der Waals surface area contributed by atoms with Gasteiger partial charge in [-0.15, -0.1) is 10.2 Å². The summed E-state index contributed by atoms with van der Waals surface area (Å²) in [4.78, 5) is 21.2. The Balaban J connectivity index is 1.44. The first-order chi connectivity index (χ1) is 16.7. The molecule has 5 rings (SSSR count). The molecule has 0 bridgehead atoms. The number of nitrogens with zero attached hydrogens (tertiary/aromatic N) is 4. The van der Waals surface area contributed by atoms with Crippen molar-refractivity contribution in [1.82, 2.24) is 20.2 Å². The molecule has 3 N–H and O–H groups in total. The lowest BCUT2D eigenvalue weighted by molar-refractivity contribution is -0.117. The Morgan fingerprint density at radius 2 is 2.00 bits per heavy atom. The Morgan fingerprint density at radius 3 is 2.71 bits per heavy atom. The first kappa shape index (κ1) is 23.0. The van der Waals surface area contributed by atoms with E-state index in [0.717, 1.165) is 30.2 Å². The van der Waals surface area contributed by atoms with E-state index in [1.54, 1.807) is 39.4 Å². The maximum absolute atomic E-state index is 12.4. The van der Waals surface area contributed by atoms with Gasteiger partial charge in [-0.25, -0.2) is 9.97 Å². The molecule has 1 aliphatic carbocycles. The second-order valence-electron chi connectivity index (χ2n) is 9.80. The lowest BCUT2D eigenvalue weighted by Gasteiger charge is -2.33. The summed E-state index contributed by atoms with van der Waals surface area (Å²) in [5, 5.41) is 25.3. The summed E-state index contributed by atoms with van der Waals surface area (Å²) in [6, 6.07) is 3.70. The number of rotatable bonds is 4. The molecule has 1 aliphatic heterocycles. The fourth-order valence-corrected chi connectivity index (χ4v) is 4.26. The highest BCUT2D eigenvalue weighted by Gasteiger charge is 2.39. The van der Waals surface area contributed by atoms with E-state index in [9.17, 15) is 9.90 Å². The molecule has 0 saturated heterocycles. The molecule has 4 heterocycles. The average molecular weight is 473 g/mol. The van der Waals surface area contributed by atoms with Crippen molar-refractivity contribution in [1.29, 1.82) is 0 Å². The maximum Gasteiger partial charge on any atom is 0.228 e. The van der Waals surface area contributed by atoms with Crippen molar-refractivity contribution >= 4 is 28.4 Å². The normalized spacial score (nSPS) is 20.8. The van der Waals surface area contributed by atoms with E-state index in [4.69, 9.17) is 4.74 Å². The van der Waals surface area contributed by atoms with Crippen molar-refractivity contribution in [3.63, 3.8) is 0 Å². The number of carbonyl (C=O) groups is 1. The zero-order valence-electron chi connectivity index (χ0n) is 20.2. The third-order valence-corrected chi connectivity index (χ3v) is 6.57. The quantitative estimate of drug-likeness (QED) is 0.496. The van der Waals surface area contributed by atoms with Gasteiger partial charge in [0.05, 0.1) is 17.4 Å². The Hall–Kier alpha value is -3.77. The van der Waals surface area contributed by atoms with Crippen molar-refractivity contribution in [2.75, 3.05) is 17.7 Å². The summed E-state index contributed by atoms with van der Waals surface area (Å²) < 4.78 is 5.94. The first-order valence-corrected chi connectivity index (χ1v) is 11.8. The van der Waals surface area contributed by atoms with Gasteiger partial charge in [-0.2, -0.15) is 0 Å². The van der Waals surface area contributed by atoms with Crippen LogP contribution in [0.1, 0.15) is 50.4 Å². The minimum Gasteiger partial charge on any atom is -0.486 e. The highest BCUT2D eigenvalue weighted by atomic mass is 16.5. The molecule has 9 heteroatoms. The fourth-order valence-electron chi connectivity index (χ4n) is 4.26. The highest BCUT2D eigenvalue weighted by Crippen LogP contribution is 2.38. The Morgan fingerprint density at radius 1 is 1.20 bits per heavy atom. The van der Waals surface area contributed by atoms with Crippen molar-refractivity contribution < 1.29 is 14.6 Å². The third kappa shape index (κ3) is 4.75. The molecular formula is C26H28N6O3. The van der Waals surface area contributed by atoms with Gasteiger partial charge in [-0.1, -0.05) is 12.8 Å². The molecule has 2 aliphatic rings. The van der Waals surface area contributed by atoms with E-state index in [2.05, 4.69) is 49.6 Å². The summed E-state index contributed by atoms with van der Waals surface area (Å²) in [7, 11) is 1.76. The second-order valence-corrected chi connectivity index (χ2v) is 9.80. The summed E-state index contributed by atoms with van der Waals surface area (Å²) >= 11 is 0. The zero-order valence-corrected chi connectivity index (χ0v) is 20.2. The minimum atomic E-state index is -0.915. The van der Waals surface area contributed by atoms with Crippen molar-refractivity contribution in [3.05, 3.63) is 41.3 Å². The number of amides is 1. The van der Waals surface area contributed by atoms with Crippen LogP contribution in [0, 0.1) is 23.7 Å². The van der Waals surface area contributed by atoms with Crippen molar-refractivity contribution in [2.24, 2.45) is 11.8 Å². The third-order valence-electron chi connectivity index (χ3n) is 6.57. The molecule has 1 unspecified atom stereocenters. The topological polar surface area (TPSA) is 122 Å². The van der Waals surface area contributed by atoms with E-state index in [1.165, 1.54) is 0 Å². The van der Waals surface area contributed by atoms with Crippen LogP contribution in [0.5, 0.6) is 5.75 Å². The van der Waals surface area contributed by atoms with Gasteiger partial charge < -0.3 is 20.5 Å². The molecule has 1 amide bonds. The summed E-state index contributed by atoms with van der Waals surface area (Å²) in [5.74, 6) is 8.33. The van der Waals surface area contributed by atoms with E-state index in [-0.39, 0.29) is 17.9 Å². The van der Waals surface area contributed by atoms with Gasteiger partial charge in [0.25, 0.3) is 0 Å². The van der Waals surface area contributed by atoms with E-state index >= 15 is 0 Å². The fraction of sp³-hybridized carbons (Fsp3) is 0.423. The van der Waals surface area contributed by atoms with Gasteiger partial charge in [0.1, 0.15) is 23.1 Å². The van der Waals surface area contributed by atoms with Gasteiger partial charge in [0, 0.05) is 24.5 Å². The predicted molar refractivity (Wildman–Crippen MR) is 132 cm³/mol. The van der Waals surface area contributed by atoms with Crippen LogP contribution in [0.4, 0.5) is 11.6 Å². The molecule has 1 saturated carbocycles. The Labute approximate surface area is 203 Å². The van der Waals surface area contributed by atoms with Crippen LogP contribution >= 0.6 is 0 Å². The number of pyridine rings is 2. The van der Waals surface area contributed by atoms with Crippen LogP contribution in [-0.2, 0) is 11.2 Å². The number of aliphatic hydroxyl groups is 1. The molecule has 9 nitrogen and oxygen atoms in total. The number of hydrogen-bond donors (Lipinski definition) is 3. The average Bonchev–Trinajstić information content (AvgIpc) is 3.58. The van der Waals surface area contributed by atoms with Gasteiger partial charge in [-0.05, 0) is 62.6 Å². The molecular weight excluding hydrogens is 444 g/mol. The maximum atomic E-state index is 12.4. The largest absolute Gasteiger partial charge is 0.486 e. The standard InChI is InChI=1S/C26H28N6O3/c1-14-9-18(14)25(33)30-22-11-19-16(12-29-24(27-4)23(19)32-31-22)5-7-17-10-15-6-8-21(26(2,3)34)35-20(15)13-28-17/h10-14,18,21,34H,6,8-9H2,1-4H3,(H,27,29)(H,30,31,33)/t14-,18+,21?/m1/s1. The van der Waals surface area contributed by atoms with Crippen LogP contribution in [0.15, 0.2) is 24.5 Å². The molecule has 3 aromatic rings. The van der Waals surface area contributed by atoms with Crippen molar-refractivity contribution in [3.8, 4) is 17.6 Å². The number of aryl methyl sites for hydroxylation is 1. The molecule has 0 spiro atoms. The lowest BCUT2D eigenvalue weighted by atomic mass is 9.92. The van der Waals surface area contributed by atoms with Gasteiger partial charge in [0.2, 0.25) is 5.91 Å². The molecule has 0 radical (unpaired) electrons. The Bertz CT molecular complexity index is 1370. The van der Waals surface area contributed by atoms with E-state index in [1.807, 2.05) is 6.07 Å². The minimum absolute atomic E-state index is 0.0333. The smallest absolute Gasteiger partial charge is 0.228 e. The number of ether oxygens (including phenoxy) is 1. The summed E-state index contributed by atoms with van der Waals surface area (Å²) in [5.41, 5.74) is 1.94. The van der Waals surface area contributed by atoms with Crippen LogP contribution in [0.2, 0.25) is 0 Å². The number of anilines is 2. The molecule has 3 atom stereocenters. The molecule has 3 aromatic heterocycles. The number of aromatic nitrogens is 4. The Kier molecular flexibility index (Phi) is 5.77. The first-order valence-electron chi connectivity index (χ1n) is 11.8. The van der Waals surface area contributed by atoms with E-state index < -0.39 is 5.60 Å². The van der Waals surface area contributed by atoms with Gasteiger partial charge >= 0.3 is 0 Å². The molecule has 35 heavy (non-hydrogen) atoms. The van der Waals surface area contributed by atoms with Crippen LogP contribution in [0.25, 0.3) is 10.9 Å². The molecule has 1 fully saturated rings. The van der Waals surface area contributed by atoms with Gasteiger partial charge in [-0.3, -0.25) is 4.79 Å². The number of nitrogens with one attached hydrogen (secondary N) is 2. The predicted octanol–water partition coefficient (Wildman–Crippen LogP) is 2.92. The lowest BCUT2D eigenvalue weighted by Crippen LogP contribution is -2.42. The monoisotopic (exact) mass is 472 g/mol. The number of carbonyl (C=O) groups excluding carboxylic acids is 1. The highest BCUT2D eigenvalue weighted by molar-refractivity contribution is 5.97. The molecule has 0 aromatic carbocycles. The molecule has 180 valence electrons. The number of fused-ring (bicyclic) bond motifs is 2. The number of hydrogen-bond acceptors (Lipinski definition) is 8. The zero-order chi connectivity index (χ0) is 24.7. The second kappa shape index (κ2) is 8.78. The van der Waals surface area contributed by atoms with Crippen LogP contribution in [-0.4, -0.2) is 49.9 Å². The van der Waals surface area contributed by atoms with Crippen LogP contribution in [0.3, 0.4) is 0 Å². The SMILES string of the molecule is CNc1ncc(C#Cc2cc3c(cn2)OC(C(C)(C)O)CC3)c2cc(NC(=O)[C@H]3C[C@H]3C)nnc12. The van der Waals surface area contributed by atoms with Gasteiger partial charge in [0.15, 0.2) is 11.6 Å². The van der Waals surface area contributed by atoms with Crippen LogP contribution < -0.4 is 15.4 Å². The summed E-state index contributed by atoms with van der Waals surface area (Å²) in [6.45, 7) is 5.56. The van der Waals surface area contributed by atoms with E-state index in [0.29, 0.717) is 40.1 Å².